The highest BCUT2D eigenvalue weighted by Gasteiger charge is 2.22. The maximum atomic E-state index is 11.7. The Morgan fingerprint density at radius 2 is 2.35 bits per heavy atom. The fourth-order valence-corrected chi connectivity index (χ4v) is 2.76. The molecule has 0 aromatic carbocycles. The molecule has 2 amide bonds. The molecular weight excluding hydrogens is 234 g/mol. The van der Waals surface area contributed by atoms with Gasteiger partial charge in [0, 0.05) is 24.5 Å². The van der Waals surface area contributed by atoms with Gasteiger partial charge in [0.05, 0.1) is 6.04 Å². The SMILES string of the molecule is CN(C)[C@@H](CNC(=O)N1CCC1)c1cccs1. The summed E-state index contributed by atoms with van der Waals surface area (Å²) in [7, 11) is 4.08. The first kappa shape index (κ1) is 12.4. The van der Waals surface area contributed by atoms with Crippen molar-refractivity contribution < 1.29 is 4.79 Å². The fourth-order valence-electron chi connectivity index (χ4n) is 1.83. The van der Waals surface area contributed by atoms with Gasteiger partial charge >= 0.3 is 6.03 Å². The zero-order chi connectivity index (χ0) is 12.3. The number of rotatable bonds is 4. The molecule has 1 aromatic heterocycles. The molecule has 0 bridgehead atoms. The molecule has 0 spiro atoms. The monoisotopic (exact) mass is 253 g/mol. The lowest BCUT2D eigenvalue weighted by Gasteiger charge is -2.32. The van der Waals surface area contributed by atoms with E-state index in [9.17, 15) is 4.79 Å². The summed E-state index contributed by atoms with van der Waals surface area (Å²) < 4.78 is 0. The van der Waals surface area contributed by atoms with Crippen molar-refractivity contribution in [2.75, 3.05) is 33.7 Å². The van der Waals surface area contributed by atoms with Crippen LogP contribution in [0.25, 0.3) is 0 Å². The predicted molar refractivity (Wildman–Crippen MR) is 70.3 cm³/mol. The van der Waals surface area contributed by atoms with E-state index >= 15 is 0 Å². The van der Waals surface area contributed by atoms with Gasteiger partial charge in [-0.2, -0.15) is 0 Å². The highest BCUT2D eigenvalue weighted by molar-refractivity contribution is 7.10. The Bertz CT molecular complexity index is 360. The number of hydrogen-bond donors (Lipinski definition) is 1. The van der Waals surface area contributed by atoms with Crippen LogP contribution in [0, 0.1) is 0 Å². The number of thiophene rings is 1. The summed E-state index contributed by atoms with van der Waals surface area (Å²) in [4.78, 5) is 17.0. The summed E-state index contributed by atoms with van der Waals surface area (Å²) in [6.07, 6.45) is 1.13. The van der Waals surface area contributed by atoms with Crippen LogP contribution in [0.1, 0.15) is 17.3 Å². The van der Waals surface area contributed by atoms with Gasteiger partial charge in [-0.3, -0.25) is 0 Å². The molecular formula is C12H19N3OS. The Morgan fingerprint density at radius 3 is 2.82 bits per heavy atom. The highest BCUT2D eigenvalue weighted by Crippen LogP contribution is 2.22. The first-order valence-electron chi connectivity index (χ1n) is 5.91. The first-order valence-corrected chi connectivity index (χ1v) is 6.79. The van der Waals surface area contributed by atoms with Crippen molar-refractivity contribution in [3.8, 4) is 0 Å². The van der Waals surface area contributed by atoms with Crippen molar-refractivity contribution in [2.24, 2.45) is 0 Å². The molecule has 1 N–H and O–H groups in total. The summed E-state index contributed by atoms with van der Waals surface area (Å²) in [5, 5.41) is 5.08. The van der Waals surface area contributed by atoms with E-state index in [0.717, 1.165) is 19.5 Å². The third-order valence-electron chi connectivity index (χ3n) is 3.08. The third kappa shape index (κ3) is 2.98. The number of nitrogens with one attached hydrogen (secondary N) is 1. The Hall–Kier alpha value is -1.07. The Labute approximate surface area is 106 Å². The fraction of sp³-hybridized carbons (Fsp3) is 0.583. The van der Waals surface area contributed by atoms with Crippen molar-refractivity contribution in [2.45, 2.75) is 12.5 Å². The van der Waals surface area contributed by atoms with Crippen LogP contribution in [0.4, 0.5) is 4.79 Å². The molecule has 2 heterocycles. The van der Waals surface area contributed by atoms with Crippen molar-refractivity contribution in [1.82, 2.24) is 15.1 Å². The van der Waals surface area contributed by atoms with Gasteiger partial charge in [-0.05, 0) is 32.0 Å². The average molecular weight is 253 g/mol. The molecule has 4 nitrogen and oxygen atoms in total. The number of nitrogens with zero attached hydrogens (tertiary/aromatic N) is 2. The summed E-state index contributed by atoms with van der Waals surface area (Å²) in [6, 6.07) is 4.50. The van der Waals surface area contributed by atoms with Gasteiger partial charge in [0.15, 0.2) is 0 Å². The second-order valence-electron chi connectivity index (χ2n) is 4.52. The zero-order valence-electron chi connectivity index (χ0n) is 10.3. The van der Waals surface area contributed by atoms with Gasteiger partial charge in [-0.25, -0.2) is 4.79 Å². The van der Waals surface area contributed by atoms with E-state index in [1.54, 1.807) is 11.3 Å². The van der Waals surface area contributed by atoms with Crippen LogP contribution in [-0.2, 0) is 0 Å². The third-order valence-corrected chi connectivity index (χ3v) is 4.06. The van der Waals surface area contributed by atoms with Crippen LogP contribution in [0.2, 0.25) is 0 Å². The highest BCUT2D eigenvalue weighted by atomic mass is 32.1. The van der Waals surface area contributed by atoms with Gasteiger partial charge in [0.2, 0.25) is 0 Å². The number of amides is 2. The normalized spacial score (nSPS) is 16.8. The first-order chi connectivity index (χ1) is 8.18. The molecule has 1 aliphatic heterocycles. The molecule has 1 aliphatic rings. The van der Waals surface area contributed by atoms with Crippen molar-refractivity contribution >= 4 is 17.4 Å². The van der Waals surface area contributed by atoms with Crippen LogP contribution in [0.3, 0.4) is 0 Å². The van der Waals surface area contributed by atoms with Crippen LogP contribution in [0.15, 0.2) is 17.5 Å². The van der Waals surface area contributed by atoms with Gasteiger partial charge < -0.3 is 15.1 Å². The topological polar surface area (TPSA) is 35.6 Å². The maximum absolute atomic E-state index is 11.7. The number of likely N-dealkylation sites (tertiary alicyclic amines) is 1. The molecule has 1 aromatic rings. The van der Waals surface area contributed by atoms with Gasteiger partial charge in [-0.1, -0.05) is 6.07 Å². The van der Waals surface area contributed by atoms with Gasteiger partial charge in [0.1, 0.15) is 0 Å². The lowest BCUT2D eigenvalue weighted by molar-refractivity contribution is 0.164. The van der Waals surface area contributed by atoms with E-state index in [1.807, 2.05) is 25.1 Å². The number of carbonyl (C=O) groups excluding carboxylic acids is 1. The lowest BCUT2D eigenvalue weighted by Crippen LogP contribution is -2.49. The number of likely N-dealkylation sites (N-methyl/N-ethyl adjacent to an activating group) is 1. The average Bonchev–Trinajstić information content (AvgIpc) is 2.67. The molecule has 5 heteroatoms. The maximum Gasteiger partial charge on any atom is 0.317 e. The van der Waals surface area contributed by atoms with E-state index in [0.29, 0.717) is 6.54 Å². The minimum absolute atomic E-state index is 0.0691. The molecule has 0 saturated carbocycles. The number of hydrogen-bond acceptors (Lipinski definition) is 3. The van der Waals surface area contributed by atoms with Gasteiger partial charge in [0.25, 0.3) is 0 Å². The molecule has 0 unspecified atom stereocenters. The molecule has 94 valence electrons. The van der Waals surface area contributed by atoms with E-state index in [2.05, 4.69) is 21.7 Å². The van der Waals surface area contributed by atoms with Crippen molar-refractivity contribution in [1.29, 1.82) is 0 Å². The smallest absolute Gasteiger partial charge is 0.317 e. The van der Waals surface area contributed by atoms with E-state index in [4.69, 9.17) is 0 Å². The number of carbonyl (C=O) groups is 1. The Balaban J connectivity index is 1.88. The standard InChI is InChI=1S/C12H19N3OS/c1-14(2)10(11-5-3-8-17-11)9-13-12(16)15-6-4-7-15/h3,5,8,10H,4,6-7,9H2,1-2H3,(H,13,16)/t10-/m0/s1. The molecule has 17 heavy (non-hydrogen) atoms. The van der Waals surface area contributed by atoms with Crippen LogP contribution in [0.5, 0.6) is 0 Å². The molecule has 1 atom stereocenters. The van der Waals surface area contributed by atoms with E-state index in [1.165, 1.54) is 4.88 Å². The van der Waals surface area contributed by atoms with Crippen LogP contribution < -0.4 is 5.32 Å². The minimum Gasteiger partial charge on any atom is -0.336 e. The van der Waals surface area contributed by atoms with Crippen LogP contribution in [-0.4, -0.2) is 49.6 Å². The molecule has 2 rings (SSSR count). The minimum atomic E-state index is 0.0691. The van der Waals surface area contributed by atoms with Crippen molar-refractivity contribution in [3.63, 3.8) is 0 Å². The molecule has 0 aliphatic carbocycles. The van der Waals surface area contributed by atoms with Crippen molar-refractivity contribution in [3.05, 3.63) is 22.4 Å². The summed E-state index contributed by atoms with van der Waals surface area (Å²) >= 11 is 1.73. The zero-order valence-corrected chi connectivity index (χ0v) is 11.2. The van der Waals surface area contributed by atoms with Gasteiger partial charge in [-0.15, -0.1) is 11.3 Å². The quantitative estimate of drug-likeness (QED) is 0.887. The second kappa shape index (κ2) is 5.51. The largest absolute Gasteiger partial charge is 0.336 e. The molecule has 0 radical (unpaired) electrons. The lowest BCUT2D eigenvalue weighted by atomic mass is 10.2. The summed E-state index contributed by atoms with van der Waals surface area (Å²) in [5.74, 6) is 0. The molecule has 1 saturated heterocycles. The Morgan fingerprint density at radius 1 is 1.59 bits per heavy atom. The summed E-state index contributed by atoms with van der Waals surface area (Å²) in [6.45, 7) is 2.47. The van der Waals surface area contributed by atoms with E-state index < -0.39 is 0 Å². The summed E-state index contributed by atoms with van der Waals surface area (Å²) in [5.41, 5.74) is 0. The van der Waals surface area contributed by atoms with Crippen LogP contribution >= 0.6 is 11.3 Å². The Kier molecular flexibility index (Phi) is 4.02. The number of urea groups is 1. The van der Waals surface area contributed by atoms with E-state index in [-0.39, 0.29) is 12.1 Å². The predicted octanol–water partition coefficient (Wildman–Crippen LogP) is 1.77. The molecule has 1 fully saturated rings. The second-order valence-corrected chi connectivity index (χ2v) is 5.50.